The van der Waals surface area contributed by atoms with E-state index in [0.717, 1.165) is 12.0 Å². The molecule has 1 unspecified atom stereocenters. The van der Waals surface area contributed by atoms with E-state index in [0.29, 0.717) is 41.5 Å². The number of sulfonamides is 1. The van der Waals surface area contributed by atoms with E-state index < -0.39 is 10.0 Å². The lowest BCUT2D eigenvalue weighted by molar-refractivity contribution is -0.126. The van der Waals surface area contributed by atoms with E-state index in [-0.39, 0.29) is 24.1 Å². The van der Waals surface area contributed by atoms with Gasteiger partial charge in [0.05, 0.1) is 21.7 Å². The molecule has 0 aliphatic carbocycles. The number of amides is 1. The van der Waals surface area contributed by atoms with Crippen molar-refractivity contribution in [3.63, 3.8) is 0 Å². The van der Waals surface area contributed by atoms with Crippen LogP contribution in [-0.2, 0) is 27.0 Å². The molecular weight excluding hydrogens is 431 g/mol. The Morgan fingerprint density at radius 3 is 2.55 bits per heavy atom. The molecule has 3 rings (SSSR count). The number of benzene rings is 2. The minimum Gasteiger partial charge on any atom is -0.355 e. The lowest BCUT2D eigenvalue weighted by Crippen LogP contribution is -2.46. The van der Waals surface area contributed by atoms with Crippen LogP contribution in [-0.4, -0.2) is 38.3 Å². The minimum atomic E-state index is -3.54. The smallest absolute Gasteiger partial charge is 0.224 e. The molecule has 29 heavy (non-hydrogen) atoms. The van der Waals surface area contributed by atoms with Gasteiger partial charge in [0.1, 0.15) is 0 Å². The van der Waals surface area contributed by atoms with Crippen LogP contribution >= 0.6 is 23.2 Å². The predicted octanol–water partition coefficient (Wildman–Crippen LogP) is 3.89. The average Bonchev–Trinajstić information content (AvgIpc) is 2.71. The second kappa shape index (κ2) is 9.94. The van der Waals surface area contributed by atoms with Gasteiger partial charge in [-0.2, -0.15) is 0 Å². The van der Waals surface area contributed by atoms with E-state index in [2.05, 4.69) is 5.32 Å². The summed E-state index contributed by atoms with van der Waals surface area (Å²) in [7, 11) is -3.54. The summed E-state index contributed by atoms with van der Waals surface area (Å²) >= 11 is 11.9. The van der Waals surface area contributed by atoms with Gasteiger partial charge in [-0.15, -0.1) is 0 Å². The third-order valence-corrected chi connectivity index (χ3v) is 7.59. The lowest BCUT2D eigenvalue weighted by atomic mass is 9.99. The lowest BCUT2D eigenvalue weighted by Gasteiger charge is -2.31. The van der Waals surface area contributed by atoms with Gasteiger partial charge in [0.15, 0.2) is 0 Å². The predicted molar refractivity (Wildman–Crippen MR) is 117 cm³/mol. The largest absolute Gasteiger partial charge is 0.355 e. The van der Waals surface area contributed by atoms with Gasteiger partial charge in [-0.1, -0.05) is 59.6 Å². The first kappa shape index (κ1) is 22.1. The van der Waals surface area contributed by atoms with E-state index in [1.54, 1.807) is 18.2 Å². The molecule has 1 N–H and O–H groups in total. The van der Waals surface area contributed by atoms with Crippen molar-refractivity contribution in [2.24, 2.45) is 5.92 Å². The Balaban J connectivity index is 1.55. The molecule has 0 radical (unpaired) electrons. The molecule has 0 bridgehead atoms. The zero-order chi connectivity index (χ0) is 20.9. The van der Waals surface area contributed by atoms with Crippen LogP contribution in [0.3, 0.4) is 0 Å². The van der Waals surface area contributed by atoms with Gasteiger partial charge in [0, 0.05) is 19.6 Å². The minimum absolute atomic E-state index is 0.0876. The second-order valence-corrected chi connectivity index (χ2v) is 10.0. The summed E-state index contributed by atoms with van der Waals surface area (Å²) in [5.41, 5.74) is 1.73. The molecule has 0 saturated carbocycles. The van der Waals surface area contributed by atoms with Crippen molar-refractivity contribution < 1.29 is 13.2 Å². The fourth-order valence-corrected chi connectivity index (χ4v) is 5.38. The third kappa shape index (κ3) is 6.19. The Labute approximate surface area is 182 Å². The Morgan fingerprint density at radius 1 is 1.07 bits per heavy atom. The average molecular weight is 455 g/mol. The van der Waals surface area contributed by atoms with Crippen molar-refractivity contribution in [3.8, 4) is 0 Å². The van der Waals surface area contributed by atoms with E-state index in [4.69, 9.17) is 23.2 Å². The zero-order valence-corrected chi connectivity index (χ0v) is 18.3. The van der Waals surface area contributed by atoms with Gasteiger partial charge in [-0.05, 0) is 42.5 Å². The number of hydrogen-bond acceptors (Lipinski definition) is 3. The second-order valence-electron chi connectivity index (χ2n) is 7.23. The summed E-state index contributed by atoms with van der Waals surface area (Å²) in [6, 6.07) is 14.7. The Bertz CT molecular complexity index is 952. The molecule has 5 nitrogen and oxygen atoms in total. The van der Waals surface area contributed by atoms with Crippen LogP contribution in [0.1, 0.15) is 24.0 Å². The highest BCUT2D eigenvalue weighted by atomic mass is 35.5. The highest BCUT2D eigenvalue weighted by molar-refractivity contribution is 7.88. The number of rotatable bonds is 7. The van der Waals surface area contributed by atoms with Crippen LogP contribution in [0.25, 0.3) is 0 Å². The van der Waals surface area contributed by atoms with E-state index in [1.165, 1.54) is 4.31 Å². The molecule has 1 aliphatic heterocycles. The molecular formula is C21H24Cl2N2O3S. The molecule has 1 atom stereocenters. The van der Waals surface area contributed by atoms with Crippen LogP contribution in [0.2, 0.25) is 10.0 Å². The Morgan fingerprint density at radius 2 is 1.83 bits per heavy atom. The normalized spacial score (nSPS) is 17.8. The third-order valence-electron chi connectivity index (χ3n) is 5.04. The number of nitrogens with one attached hydrogen (secondary N) is 1. The van der Waals surface area contributed by atoms with Crippen LogP contribution in [0.4, 0.5) is 0 Å². The Kier molecular flexibility index (Phi) is 7.57. The monoisotopic (exact) mass is 454 g/mol. The van der Waals surface area contributed by atoms with E-state index in [9.17, 15) is 13.2 Å². The highest BCUT2D eigenvalue weighted by Gasteiger charge is 2.32. The van der Waals surface area contributed by atoms with Gasteiger partial charge >= 0.3 is 0 Å². The molecule has 2 aromatic rings. The maximum atomic E-state index is 12.8. The van der Waals surface area contributed by atoms with Crippen molar-refractivity contribution in [1.29, 1.82) is 0 Å². The van der Waals surface area contributed by atoms with Gasteiger partial charge in [-0.3, -0.25) is 4.79 Å². The number of carbonyl (C=O) groups excluding carboxylic acids is 1. The number of hydrogen-bond donors (Lipinski definition) is 1. The van der Waals surface area contributed by atoms with Crippen molar-refractivity contribution in [1.82, 2.24) is 9.62 Å². The van der Waals surface area contributed by atoms with Crippen molar-refractivity contribution >= 4 is 39.1 Å². The van der Waals surface area contributed by atoms with Crippen molar-refractivity contribution in [2.45, 2.75) is 25.0 Å². The highest BCUT2D eigenvalue weighted by Crippen LogP contribution is 2.26. The Hall–Kier alpha value is -1.60. The first-order valence-corrected chi connectivity index (χ1v) is 11.9. The summed E-state index contributed by atoms with van der Waals surface area (Å²) in [6.07, 6.45) is 2.10. The summed E-state index contributed by atoms with van der Waals surface area (Å²) in [4.78, 5) is 12.5. The van der Waals surface area contributed by atoms with Crippen molar-refractivity contribution in [3.05, 3.63) is 69.7 Å². The van der Waals surface area contributed by atoms with E-state index >= 15 is 0 Å². The standard InChI is InChI=1S/C21H24Cl2N2O3S/c22-19-9-8-17(13-20(19)23)15-29(27,28)25-12-4-7-18(14-25)21(26)24-11-10-16-5-2-1-3-6-16/h1-3,5-6,8-9,13,18H,4,7,10-12,14-15H2,(H,24,26). The fourth-order valence-electron chi connectivity index (χ4n) is 3.46. The number of nitrogens with zero attached hydrogens (tertiary/aromatic N) is 1. The molecule has 0 spiro atoms. The zero-order valence-electron chi connectivity index (χ0n) is 16.0. The molecule has 1 amide bonds. The first-order valence-electron chi connectivity index (χ1n) is 9.58. The molecule has 1 saturated heterocycles. The number of piperidine rings is 1. The molecule has 1 fully saturated rings. The van der Waals surface area contributed by atoms with Crippen LogP contribution in [0.15, 0.2) is 48.5 Å². The molecule has 2 aromatic carbocycles. The number of carbonyl (C=O) groups is 1. The molecule has 8 heteroatoms. The summed E-state index contributed by atoms with van der Waals surface area (Å²) < 4.78 is 27.1. The summed E-state index contributed by atoms with van der Waals surface area (Å²) in [5.74, 6) is -0.579. The quantitative estimate of drug-likeness (QED) is 0.689. The van der Waals surface area contributed by atoms with Crippen molar-refractivity contribution in [2.75, 3.05) is 19.6 Å². The maximum Gasteiger partial charge on any atom is 0.224 e. The van der Waals surface area contributed by atoms with Gasteiger partial charge in [0.2, 0.25) is 15.9 Å². The summed E-state index contributed by atoms with van der Waals surface area (Å²) in [6.45, 7) is 1.17. The van der Waals surface area contributed by atoms with Crippen LogP contribution in [0, 0.1) is 5.92 Å². The number of halogens is 2. The van der Waals surface area contributed by atoms with Gasteiger partial charge in [0.25, 0.3) is 0 Å². The topological polar surface area (TPSA) is 66.5 Å². The maximum absolute atomic E-state index is 12.8. The molecule has 156 valence electrons. The van der Waals surface area contributed by atoms with Gasteiger partial charge < -0.3 is 5.32 Å². The fraction of sp³-hybridized carbons (Fsp3) is 0.381. The molecule has 1 heterocycles. The first-order chi connectivity index (χ1) is 13.8. The van der Waals surface area contributed by atoms with Crippen LogP contribution < -0.4 is 5.32 Å². The van der Waals surface area contributed by atoms with Gasteiger partial charge in [-0.25, -0.2) is 12.7 Å². The SMILES string of the molecule is O=C(NCCc1ccccc1)C1CCCN(S(=O)(=O)Cc2ccc(Cl)c(Cl)c2)C1. The van der Waals surface area contributed by atoms with Crippen LogP contribution in [0.5, 0.6) is 0 Å². The molecule has 0 aromatic heterocycles. The molecule has 1 aliphatic rings. The summed E-state index contributed by atoms with van der Waals surface area (Å²) in [5, 5.41) is 3.66. The van der Waals surface area contributed by atoms with E-state index in [1.807, 2.05) is 30.3 Å².